The van der Waals surface area contributed by atoms with Crippen molar-refractivity contribution in [3.8, 4) is 45.2 Å². The standard InChI is InChI=1S/C37H26N3O.Pt/c41-34-22-8-7-19-32(34)37-39-36-31(20-10-21-33(36)40(37)30-17-5-2-6-18-30)27-14-9-15-29(25-27)35-28(16-11-23-38-35)24-26-12-3-1-4-13-26;/h1-23,41H,24H2;/q-1;. The van der Waals surface area contributed by atoms with E-state index in [1.165, 1.54) is 5.56 Å². The Morgan fingerprint density at radius 1 is 0.643 bits per heavy atom. The molecule has 0 aliphatic rings. The average molecular weight is 724 g/mol. The number of rotatable bonds is 6. The Morgan fingerprint density at radius 3 is 2.14 bits per heavy atom. The van der Waals surface area contributed by atoms with E-state index in [0.29, 0.717) is 11.4 Å². The molecule has 0 saturated carbocycles. The Hall–Kier alpha value is -4.79. The maximum atomic E-state index is 10.8. The van der Waals surface area contributed by atoms with Crippen LogP contribution in [-0.4, -0.2) is 19.6 Å². The summed E-state index contributed by atoms with van der Waals surface area (Å²) in [6.07, 6.45) is 2.63. The summed E-state index contributed by atoms with van der Waals surface area (Å²) in [5, 5.41) is 10.8. The second kappa shape index (κ2) is 12.0. The van der Waals surface area contributed by atoms with Gasteiger partial charge in [0, 0.05) is 38.6 Å². The number of pyridine rings is 1. The maximum Gasteiger partial charge on any atom is 0.148 e. The van der Waals surface area contributed by atoms with Crippen LogP contribution in [0.4, 0.5) is 0 Å². The van der Waals surface area contributed by atoms with Crippen molar-refractivity contribution >= 4 is 11.0 Å². The zero-order valence-electron chi connectivity index (χ0n) is 22.6. The summed E-state index contributed by atoms with van der Waals surface area (Å²) in [6.45, 7) is 0. The van der Waals surface area contributed by atoms with E-state index in [9.17, 15) is 5.11 Å². The van der Waals surface area contributed by atoms with Gasteiger partial charge in [-0.15, -0.1) is 29.8 Å². The van der Waals surface area contributed by atoms with Crippen molar-refractivity contribution in [1.82, 2.24) is 14.5 Å². The third kappa shape index (κ3) is 5.18. The zero-order valence-corrected chi connectivity index (χ0v) is 24.9. The van der Waals surface area contributed by atoms with Crippen molar-refractivity contribution in [1.29, 1.82) is 0 Å². The second-order valence-electron chi connectivity index (χ2n) is 9.95. The summed E-state index contributed by atoms with van der Waals surface area (Å²) < 4.78 is 2.11. The van der Waals surface area contributed by atoms with Crippen molar-refractivity contribution in [2.24, 2.45) is 0 Å². The van der Waals surface area contributed by atoms with Crippen molar-refractivity contribution in [2.75, 3.05) is 0 Å². The van der Waals surface area contributed by atoms with Gasteiger partial charge in [0.15, 0.2) is 0 Å². The largest absolute Gasteiger partial charge is 0.507 e. The molecule has 7 aromatic rings. The van der Waals surface area contributed by atoms with Gasteiger partial charge < -0.3 is 5.11 Å². The molecule has 4 nitrogen and oxygen atoms in total. The first kappa shape index (κ1) is 27.4. The van der Waals surface area contributed by atoms with Gasteiger partial charge in [-0.3, -0.25) is 9.55 Å². The van der Waals surface area contributed by atoms with E-state index >= 15 is 0 Å². The molecule has 0 saturated heterocycles. The number of para-hydroxylation sites is 3. The van der Waals surface area contributed by atoms with Gasteiger partial charge in [0.05, 0.1) is 16.6 Å². The smallest absolute Gasteiger partial charge is 0.148 e. The molecule has 2 aromatic heterocycles. The molecule has 0 aliphatic carbocycles. The molecule has 2 heterocycles. The van der Waals surface area contributed by atoms with E-state index in [1.807, 2.05) is 54.7 Å². The van der Waals surface area contributed by atoms with Crippen LogP contribution < -0.4 is 0 Å². The molecular formula is C37H26N3OPt-. The Balaban J connectivity index is 0.00000316. The number of hydrogen-bond donors (Lipinski definition) is 1. The second-order valence-corrected chi connectivity index (χ2v) is 9.95. The Labute approximate surface area is 259 Å². The molecule has 0 radical (unpaired) electrons. The third-order valence-corrected chi connectivity index (χ3v) is 7.31. The fourth-order valence-corrected chi connectivity index (χ4v) is 5.40. The van der Waals surface area contributed by atoms with Gasteiger partial charge in [-0.25, -0.2) is 4.98 Å². The molecule has 1 N–H and O–H groups in total. The average Bonchev–Trinajstić information content (AvgIpc) is 3.42. The molecular weight excluding hydrogens is 698 g/mol. The van der Waals surface area contributed by atoms with Crippen LogP contribution in [-0.2, 0) is 27.5 Å². The number of benzene rings is 5. The number of aromatic hydroxyl groups is 1. The summed E-state index contributed by atoms with van der Waals surface area (Å²) in [4.78, 5) is 9.91. The van der Waals surface area contributed by atoms with E-state index in [1.54, 1.807) is 6.07 Å². The number of phenolic OH excluding ortho intramolecular Hbond substituents is 1. The molecule has 42 heavy (non-hydrogen) atoms. The minimum atomic E-state index is 0. The van der Waals surface area contributed by atoms with E-state index in [0.717, 1.165) is 51.1 Å². The van der Waals surface area contributed by atoms with E-state index in [4.69, 9.17) is 9.97 Å². The van der Waals surface area contributed by atoms with E-state index in [2.05, 4.69) is 89.5 Å². The topological polar surface area (TPSA) is 50.9 Å². The van der Waals surface area contributed by atoms with Crippen LogP contribution in [0.3, 0.4) is 0 Å². The Bertz CT molecular complexity index is 1980. The molecule has 0 spiro atoms. The minimum absolute atomic E-state index is 0. The first-order valence-corrected chi connectivity index (χ1v) is 13.6. The molecule has 7 rings (SSSR count). The first-order chi connectivity index (χ1) is 20.3. The van der Waals surface area contributed by atoms with Crippen molar-refractivity contribution in [3.05, 3.63) is 157 Å². The number of aromatic nitrogens is 3. The van der Waals surface area contributed by atoms with Crippen molar-refractivity contribution in [3.63, 3.8) is 0 Å². The monoisotopic (exact) mass is 723 g/mol. The maximum absolute atomic E-state index is 10.8. The number of imidazole rings is 1. The van der Waals surface area contributed by atoms with Crippen LogP contribution in [0.2, 0.25) is 0 Å². The van der Waals surface area contributed by atoms with Crippen LogP contribution in [0.5, 0.6) is 5.75 Å². The van der Waals surface area contributed by atoms with Gasteiger partial charge in [-0.2, -0.15) is 0 Å². The number of nitrogens with zero attached hydrogens (tertiary/aromatic N) is 3. The molecule has 0 atom stereocenters. The van der Waals surface area contributed by atoms with Gasteiger partial charge in [0.1, 0.15) is 11.6 Å². The van der Waals surface area contributed by atoms with Gasteiger partial charge in [-0.1, -0.05) is 95.6 Å². The van der Waals surface area contributed by atoms with Crippen LogP contribution in [0.1, 0.15) is 11.1 Å². The quantitative estimate of drug-likeness (QED) is 0.175. The number of fused-ring (bicyclic) bond motifs is 1. The fourth-order valence-electron chi connectivity index (χ4n) is 5.40. The summed E-state index contributed by atoms with van der Waals surface area (Å²) in [6, 6.07) is 48.1. The Kier molecular flexibility index (Phi) is 7.81. The summed E-state index contributed by atoms with van der Waals surface area (Å²) in [7, 11) is 0. The summed E-state index contributed by atoms with van der Waals surface area (Å²) >= 11 is 0. The van der Waals surface area contributed by atoms with Crippen LogP contribution >= 0.6 is 0 Å². The molecule has 206 valence electrons. The molecule has 5 aromatic carbocycles. The number of hydrogen-bond acceptors (Lipinski definition) is 3. The molecule has 0 amide bonds. The van der Waals surface area contributed by atoms with Crippen molar-refractivity contribution in [2.45, 2.75) is 6.42 Å². The molecule has 0 aliphatic heterocycles. The predicted molar refractivity (Wildman–Crippen MR) is 165 cm³/mol. The predicted octanol–water partition coefficient (Wildman–Crippen LogP) is 8.52. The SMILES string of the molecule is Oc1ccccc1-c1nc2c(-c3[c-]c(-c4ncccc4Cc4ccccc4)ccc3)cccc2n1-c1ccccc1.[Pt]. The normalized spacial score (nSPS) is 10.9. The van der Waals surface area contributed by atoms with Crippen LogP contribution in [0, 0.1) is 6.07 Å². The van der Waals surface area contributed by atoms with Crippen LogP contribution in [0.15, 0.2) is 140 Å². The molecule has 0 unspecified atom stereocenters. The van der Waals surface area contributed by atoms with Gasteiger partial charge in [0.25, 0.3) is 0 Å². The van der Waals surface area contributed by atoms with Gasteiger partial charge in [0.2, 0.25) is 0 Å². The summed E-state index contributed by atoms with van der Waals surface area (Å²) in [5.74, 6) is 0.874. The fraction of sp³-hybridized carbons (Fsp3) is 0.0270. The number of phenols is 1. The minimum Gasteiger partial charge on any atom is -0.507 e. The third-order valence-electron chi connectivity index (χ3n) is 7.31. The van der Waals surface area contributed by atoms with Gasteiger partial charge >= 0.3 is 0 Å². The van der Waals surface area contributed by atoms with Crippen molar-refractivity contribution < 1.29 is 26.2 Å². The molecule has 5 heteroatoms. The molecule has 0 bridgehead atoms. The Morgan fingerprint density at radius 2 is 1.33 bits per heavy atom. The summed E-state index contributed by atoms with van der Waals surface area (Å²) in [5.41, 5.74) is 9.61. The first-order valence-electron chi connectivity index (χ1n) is 13.6. The van der Waals surface area contributed by atoms with E-state index in [-0.39, 0.29) is 26.8 Å². The zero-order chi connectivity index (χ0) is 27.6. The van der Waals surface area contributed by atoms with Crippen LogP contribution in [0.25, 0.3) is 50.5 Å². The molecule has 0 fully saturated rings. The van der Waals surface area contributed by atoms with Gasteiger partial charge in [-0.05, 0) is 48.4 Å². The van der Waals surface area contributed by atoms with E-state index < -0.39 is 0 Å².